The zero-order valence-corrected chi connectivity index (χ0v) is 11.5. The lowest BCUT2D eigenvalue weighted by atomic mass is 10.2. The van der Waals surface area contributed by atoms with E-state index in [1.165, 1.54) is 25.1 Å². The standard InChI is InChI=1S/C12H10Cl2N2O3/c1-7(5-15)19-11(17)6-16-12(18)8-2-3-9(13)10(14)4-8/h2-4,7H,6H2,1H3,(H,16,18)/t7-/m1/s1. The van der Waals surface area contributed by atoms with Crippen LogP contribution in [0.2, 0.25) is 10.0 Å². The predicted octanol–water partition coefficient (Wildman–Crippen LogP) is 2.18. The van der Waals surface area contributed by atoms with E-state index in [9.17, 15) is 9.59 Å². The van der Waals surface area contributed by atoms with Gasteiger partial charge in [-0.05, 0) is 25.1 Å². The van der Waals surface area contributed by atoms with Gasteiger partial charge in [0.15, 0.2) is 6.10 Å². The molecule has 1 aromatic rings. The summed E-state index contributed by atoms with van der Waals surface area (Å²) in [5.41, 5.74) is 0.274. The summed E-state index contributed by atoms with van der Waals surface area (Å²) in [6, 6.07) is 6.09. The highest BCUT2D eigenvalue weighted by Gasteiger charge is 2.12. The molecular formula is C12H10Cl2N2O3. The fourth-order valence-electron chi connectivity index (χ4n) is 1.16. The predicted molar refractivity (Wildman–Crippen MR) is 70.0 cm³/mol. The molecule has 1 N–H and O–H groups in total. The van der Waals surface area contributed by atoms with Gasteiger partial charge in [-0.1, -0.05) is 23.2 Å². The van der Waals surface area contributed by atoms with Crippen molar-refractivity contribution in [2.75, 3.05) is 6.54 Å². The van der Waals surface area contributed by atoms with Crippen LogP contribution in [0.3, 0.4) is 0 Å². The van der Waals surface area contributed by atoms with Crippen molar-refractivity contribution in [3.05, 3.63) is 33.8 Å². The third kappa shape index (κ3) is 4.78. The number of esters is 1. The second kappa shape index (κ2) is 6.98. The largest absolute Gasteiger partial charge is 0.446 e. The van der Waals surface area contributed by atoms with Crippen LogP contribution in [0.4, 0.5) is 0 Å². The van der Waals surface area contributed by atoms with Gasteiger partial charge in [0, 0.05) is 5.56 Å². The second-order valence-corrected chi connectivity index (χ2v) is 4.39. The van der Waals surface area contributed by atoms with E-state index in [-0.39, 0.29) is 17.1 Å². The van der Waals surface area contributed by atoms with Crippen LogP contribution in [0.5, 0.6) is 0 Å². The molecule has 1 rings (SSSR count). The summed E-state index contributed by atoms with van der Waals surface area (Å²) >= 11 is 11.5. The number of halogens is 2. The maximum Gasteiger partial charge on any atom is 0.326 e. The number of nitrogens with one attached hydrogen (secondary N) is 1. The minimum atomic E-state index is -0.852. The van der Waals surface area contributed by atoms with Crippen LogP contribution in [0, 0.1) is 11.3 Å². The van der Waals surface area contributed by atoms with E-state index in [0.717, 1.165) is 0 Å². The molecule has 0 fully saturated rings. The van der Waals surface area contributed by atoms with Crippen LogP contribution in [-0.2, 0) is 9.53 Å². The maximum atomic E-state index is 11.7. The van der Waals surface area contributed by atoms with E-state index >= 15 is 0 Å². The minimum Gasteiger partial charge on any atom is -0.446 e. The second-order valence-electron chi connectivity index (χ2n) is 3.57. The molecule has 0 aromatic heterocycles. The van der Waals surface area contributed by atoms with Crippen LogP contribution >= 0.6 is 23.2 Å². The molecule has 1 aromatic carbocycles. The Morgan fingerprint density at radius 1 is 1.42 bits per heavy atom. The molecule has 0 spiro atoms. The molecule has 0 aliphatic heterocycles. The highest BCUT2D eigenvalue weighted by Crippen LogP contribution is 2.22. The van der Waals surface area contributed by atoms with Crippen LogP contribution in [0.15, 0.2) is 18.2 Å². The Labute approximate surface area is 120 Å². The molecule has 1 amide bonds. The average molecular weight is 301 g/mol. The average Bonchev–Trinajstić information content (AvgIpc) is 2.39. The Balaban J connectivity index is 2.54. The van der Waals surface area contributed by atoms with Crippen molar-refractivity contribution in [1.29, 1.82) is 5.26 Å². The third-order valence-electron chi connectivity index (χ3n) is 2.07. The van der Waals surface area contributed by atoms with Crippen molar-refractivity contribution in [3.8, 4) is 6.07 Å². The summed E-state index contributed by atoms with van der Waals surface area (Å²) in [4.78, 5) is 22.9. The summed E-state index contributed by atoms with van der Waals surface area (Å²) < 4.78 is 4.67. The van der Waals surface area contributed by atoms with E-state index in [1.54, 1.807) is 6.07 Å². The van der Waals surface area contributed by atoms with Crippen molar-refractivity contribution >= 4 is 35.1 Å². The van der Waals surface area contributed by atoms with Crippen molar-refractivity contribution in [2.45, 2.75) is 13.0 Å². The quantitative estimate of drug-likeness (QED) is 0.864. The van der Waals surface area contributed by atoms with Crippen LogP contribution in [0.1, 0.15) is 17.3 Å². The first-order chi connectivity index (χ1) is 8.93. The van der Waals surface area contributed by atoms with Crippen LogP contribution in [0.25, 0.3) is 0 Å². The summed E-state index contributed by atoms with van der Waals surface area (Å²) in [6.45, 7) is 1.10. The van der Waals surface area contributed by atoms with Gasteiger partial charge in [-0.2, -0.15) is 5.26 Å². The molecule has 100 valence electrons. The zero-order valence-electron chi connectivity index (χ0n) is 9.94. The summed E-state index contributed by atoms with van der Waals surface area (Å²) in [6.07, 6.45) is -0.852. The van der Waals surface area contributed by atoms with Gasteiger partial charge in [-0.3, -0.25) is 9.59 Å². The van der Waals surface area contributed by atoms with E-state index in [1.807, 2.05) is 0 Å². The topological polar surface area (TPSA) is 79.2 Å². The van der Waals surface area contributed by atoms with E-state index in [4.69, 9.17) is 28.5 Å². The van der Waals surface area contributed by atoms with Crippen molar-refractivity contribution in [3.63, 3.8) is 0 Å². The Bertz CT molecular complexity index is 540. The molecule has 7 heteroatoms. The van der Waals surface area contributed by atoms with Gasteiger partial charge in [-0.25, -0.2) is 0 Å². The van der Waals surface area contributed by atoms with E-state index in [0.29, 0.717) is 5.02 Å². The summed E-state index contributed by atoms with van der Waals surface area (Å²) in [7, 11) is 0. The fourth-order valence-corrected chi connectivity index (χ4v) is 1.46. The molecule has 19 heavy (non-hydrogen) atoms. The van der Waals surface area contributed by atoms with Gasteiger partial charge >= 0.3 is 5.97 Å². The van der Waals surface area contributed by atoms with E-state index in [2.05, 4.69) is 10.1 Å². The SMILES string of the molecule is C[C@H](C#N)OC(=O)CNC(=O)c1ccc(Cl)c(Cl)c1. The smallest absolute Gasteiger partial charge is 0.326 e. The number of hydrogen-bond acceptors (Lipinski definition) is 4. The molecule has 0 unspecified atom stereocenters. The Kier molecular flexibility index (Phi) is 5.61. The molecule has 0 bridgehead atoms. The van der Waals surface area contributed by atoms with Gasteiger partial charge < -0.3 is 10.1 Å². The highest BCUT2D eigenvalue weighted by atomic mass is 35.5. The van der Waals surface area contributed by atoms with Crippen LogP contribution in [-0.4, -0.2) is 24.5 Å². The fraction of sp³-hybridized carbons (Fsp3) is 0.250. The van der Waals surface area contributed by atoms with Gasteiger partial charge in [-0.15, -0.1) is 0 Å². The molecule has 0 aliphatic rings. The number of amides is 1. The monoisotopic (exact) mass is 300 g/mol. The molecule has 1 atom stereocenters. The van der Waals surface area contributed by atoms with E-state index < -0.39 is 18.0 Å². The lowest BCUT2D eigenvalue weighted by Crippen LogP contribution is -2.31. The first-order valence-corrected chi connectivity index (χ1v) is 6.02. The summed E-state index contributed by atoms with van der Waals surface area (Å²) in [5.74, 6) is -1.18. The number of benzene rings is 1. The number of nitrogens with zero attached hydrogens (tertiary/aromatic N) is 1. The number of nitriles is 1. The molecule has 5 nitrogen and oxygen atoms in total. The normalized spacial score (nSPS) is 11.3. The number of carbonyl (C=O) groups excluding carboxylic acids is 2. The third-order valence-corrected chi connectivity index (χ3v) is 2.80. The first kappa shape index (κ1) is 15.3. The first-order valence-electron chi connectivity index (χ1n) is 5.26. The Morgan fingerprint density at radius 2 is 2.11 bits per heavy atom. The highest BCUT2D eigenvalue weighted by molar-refractivity contribution is 6.42. The summed E-state index contributed by atoms with van der Waals surface area (Å²) in [5, 5.41) is 11.4. The Hall–Kier alpha value is -1.77. The molecule has 0 saturated carbocycles. The van der Waals surface area contributed by atoms with Crippen molar-refractivity contribution < 1.29 is 14.3 Å². The van der Waals surface area contributed by atoms with Gasteiger partial charge in [0.1, 0.15) is 12.6 Å². The maximum absolute atomic E-state index is 11.7. The molecule has 0 aliphatic carbocycles. The number of rotatable bonds is 4. The van der Waals surface area contributed by atoms with Crippen LogP contribution < -0.4 is 5.32 Å². The lowest BCUT2D eigenvalue weighted by Gasteiger charge is -2.07. The minimum absolute atomic E-state index is 0.245. The molecule has 0 saturated heterocycles. The molecule has 0 radical (unpaired) electrons. The number of hydrogen-bond donors (Lipinski definition) is 1. The molecule has 0 heterocycles. The zero-order chi connectivity index (χ0) is 14.4. The number of ether oxygens (including phenoxy) is 1. The number of carbonyl (C=O) groups is 2. The lowest BCUT2D eigenvalue weighted by molar-refractivity contribution is -0.144. The van der Waals surface area contributed by atoms with Crippen molar-refractivity contribution in [2.24, 2.45) is 0 Å². The van der Waals surface area contributed by atoms with Crippen molar-refractivity contribution in [1.82, 2.24) is 5.32 Å². The van der Waals surface area contributed by atoms with Gasteiger partial charge in [0.25, 0.3) is 5.91 Å². The Morgan fingerprint density at radius 3 is 2.68 bits per heavy atom. The molecular weight excluding hydrogens is 291 g/mol. The van der Waals surface area contributed by atoms with Gasteiger partial charge in [0.2, 0.25) is 0 Å². The van der Waals surface area contributed by atoms with Gasteiger partial charge in [0.05, 0.1) is 10.0 Å².